The summed E-state index contributed by atoms with van der Waals surface area (Å²) in [4.78, 5) is 0. The second-order valence-electron chi connectivity index (χ2n) is 0.793. The van der Waals surface area contributed by atoms with Crippen LogP contribution in [0.15, 0.2) is 29.1 Å². The molecule has 0 aromatic carbocycles. The lowest BCUT2D eigenvalue weighted by Gasteiger charge is -1.50. The minimum absolute atomic E-state index is 0. The van der Waals surface area contributed by atoms with E-state index in [1.807, 2.05) is 12.1 Å². The van der Waals surface area contributed by atoms with Gasteiger partial charge in [-0.2, -0.15) is 0 Å². The summed E-state index contributed by atoms with van der Waals surface area (Å²) < 4.78 is 4.58. The molecule has 10 heavy (non-hydrogen) atoms. The van der Waals surface area contributed by atoms with E-state index < -0.39 is 0 Å². The summed E-state index contributed by atoms with van der Waals surface area (Å²) in [6.45, 7) is 0. The van der Waals surface area contributed by atoms with E-state index in [0.29, 0.717) is 0 Å². The molecule has 1 heterocycles. The molecule has 0 amide bonds. The quantitative estimate of drug-likeness (QED) is 0.529. The summed E-state index contributed by atoms with van der Waals surface area (Å²) in [5.41, 5.74) is 0. The lowest BCUT2D eigenvalue weighted by Crippen LogP contribution is -1.16. The maximum atomic E-state index is 4.58. The molecule has 0 radical (unpaired) electrons. The molecule has 1 aromatic heterocycles. The normalized spacial score (nSPS) is 4.00. The Bertz CT molecular complexity index is 61.2. The number of furan rings is 1. The maximum absolute atomic E-state index is 4.58. The molecule has 0 spiro atoms. The van der Waals surface area contributed by atoms with E-state index in [2.05, 4.69) is 4.42 Å². The van der Waals surface area contributed by atoms with Crippen molar-refractivity contribution in [2.24, 2.45) is 0 Å². The number of hydrogen-bond acceptors (Lipinski definition) is 1. The summed E-state index contributed by atoms with van der Waals surface area (Å²) in [7, 11) is 0. The highest BCUT2D eigenvalue weighted by Gasteiger charge is 1.58. The minimum atomic E-state index is 0. The third-order valence-corrected chi connectivity index (χ3v) is 0.425. The van der Waals surface area contributed by atoms with Crippen LogP contribution in [0.3, 0.4) is 0 Å². The molecule has 1 rings (SSSR count). The molecule has 1 heteroatoms. The predicted octanol–water partition coefficient (Wildman–Crippen LogP) is 4.46. The smallest absolute Gasteiger partial charge is 0.0902 e. The van der Waals surface area contributed by atoms with E-state index in [1.54, 1.807) is 12.5 Å². The average molecular weight is 148 g/mol. The van der Waals surface area contributed by atoms with Crippen molar-refractivity contribution in [3.8, 4) is 0 Å². The van der Waals surface area contributed by atoms with Gasteiger partial charge in [0.05, 0.1) is 12.5 Å². The molecule has 0 bridgehead atoms. The van der Waals surface area contributed by atoms with Gasteiger partial charge in [0.25, 0.3) is 0 Å². The Morgan fingerprint density at radius 3 is 1.00 bits per heavy atom. The lowest BCUT2D eigenvalue weighted by atomic mass is 10.7. The molecule has 0 aliphatic carbocycles. The van der Waals surface area contributed by atoms with Crippen LogP contribution in [-0.2, 0) is 0 Å². The van der Waals surface area contributed by atoms with Crippen LogP contribution < -0.4 is 0 Å². The summed E-state index contributed by atoms with van der Waals surface area (Å²) >= 11 is 0. The van der Waals surface area contributed by atoms with Gasteiger partial charge < -0.3 is 4.42 Å². The minimum Gasteiger partial charge on any atom is -0.473 e. The first kappa shape index (κ1) is 34.7. The molecule has 66 valence electrons. The second-order valence-corrected chi connectivity index (χ2v) is 0.793. The molecule has 0 saturated heterocycles. The Kier molecular flexibility index (Phi) is 83.2. The second kappa shape index (κ2) is 24.0. The van der Waals surface area contributed by atoms with Crippen molar-refractivity contribution < 1.29 is 4.42 Å². The standard InChI is InChI=1S/C4H4O.5CH4/c1-2-4-5-3-1;;;;;/h1-4H;5*1H4. The summed E-state index contributed by atoms with van der Waals surface area (Å²) in [5.74, 6) is 0. The maximum Gasteiger partial charge on any atom is 0.0902 e. The van der Waals surface area contributed by atoms with Crippen LogP contribution in [0.1, 0.15) is 37.1 Å². The van der Waals surface area contributed by atoms with Crippen molar-refractivity contribution in [1.82, 2.24) is 0 Å². The van der Waals surface area contributed by atoms with Crippen molar-refractivity contribution in [3.63, 3.8) is 0 Å². The Morgan fingerprint density at radius 1 is 0.600 bits per heavy atom. The molecule has 0 unspecified atom stereocenters. The van der Waals surface area contributed by atoms with Crippen LogP contribution in [0, 0.1) is 0 Å². The molecule has 0 aliphatic heterocycles. The zero-order valence-corrected chi connectivity index (χ0v) is 2.72. The lowest BCUT2D eigenvalue weighted by molar-refractivity contribution is 0.567. The molecular weight excluding hydrogens is 124 g/mol. The first-order chi connectivity index (χ1) is 2.50. The molecule has 1 nitrogen and oxygen atoms in total. The molecule has 1 aromatic rings. The Labute approximate surface area is 67.1 Å². The fraction of sp³-hybridized carbons (Fsp3) is 0.556. The van der Waals surface area contributed by atoms with Crippen LogP contribution in [0.25, 0.3) is 0 Å². The third-order valence-electron chi connectivity index (χ3n) is 0.425. The van der Waals surface area contributed by atoms with E-state index in [1.165, 1.54) is 0 Å². The number of rotatable bonds is 0. The highest BCUT2D eigenvalue weighted by molar-refractivity contribution is 4.79. The number of hydrogen-bond donors (Lipinski definition) is 0. The van der Waals surface area contributed by atoms with Gasteiger partial charge in [-0.25, -0.2) is 0 Å². The van der Waals surface area contributed by atoms with E-state index in [4.69, 9.17) is 0 Å². The topological polar surface area (TPSA) is 13.1 Å². The van der Waals surface area contributed by atoms with Crippen molar-refractivity contribution in [2.45, 2.75) is 37.1 Å². The molecule has 0 fully saturated rings. The van der Waals surface area contributed by atoms with E-state index in [-0.39, 0.29) is 37.1 Å². The zero-order valence-electron chi connectivity index (χ0n) is 2.72. The van der Waals surface area contributed by atoms with Gasteiger partial charge in [0.2, 0.25) is 0 Å². The SMILES string of the molecule is C.C.C.C.C.c1ccoc1. The van der Waals surface area contributed by atoms with Gasteiger partial charge in [-0.1, -0.05) is 37.1 Å². The highest BCUT2D eigenvalue weighted by Crippen LogP contribution is 1.79. The first-order valence-corrected chi connectivity index (χ1v) is 1.47. The van der Waals surface area contributed by atoms with Gasteiger partial charge in [-0.15, -0.1) is 0 Å². The van der Waals surface area contributed by atoms with E-state index >= 15 is 0 Å². The Morgan fingerprint density at radius 2 is 0.900 bits per heavy atom. The van der Waals surface area contributed by atoms with Gasteiger partial charge in [0.15, 0.2) is 0 Å². The van der Waals surface area contributed by atoms with Crippen LogP contribution in [0.5, 0.6) is 0 Å². The van der Waals surface area contributed by atoms with Crippen molar-refractivity contribution in [2.75, 3.05) is 0 Å². The molecule has 0 saturated carbocycles. The van der Waals surface area contributed by atoms with Gasteiger partial charge >= 0.3 is 0 Å². The fourth-order valence-corrected chi connectivity index (χ4v) is 0.227. The highest BCUT2D eigenvalue weighted by atomic mass is 16.3. The average Bonchev–Trinajstić information content (AvgIpc) is 1.76. The molecule has 0 atom stereocenters. The van der Waals surface area contributed by atoms with Gasteiger partial charge in [0, 0.05) is 0 Å². The van der Waals surface area contributed by atoms with Gasteiger partial charge in [-0.3, -0.25) is 0 Å². The molecular formula is C9H24O. The summed E-state index contributed by atoms with van der Waals surface area (Å²) in [6, 6.07) is 3.67. The monoisotopic (exact) mass is 148 g/mol. The first-order valence-electron chi connectivity index (χ1n) is 1.47. The largest absolute Gasteiger partial charge is 0.473 e. The van der Waals surface area contributed by atoms with E-state index in [9.17, 15) is 0 Å². The van der Waals surface area contributed by atoms with Gasteiger partial charge in [0.1, 0.15) is 0 Å². The van der Waals surface area contributed by atoms with Crippen LogP contribution >= 0.6 is 0 Å². The molecule has 0 aliphatic rings. The summed E-state index contributed by atoms with van der Waals surface area (Å²) in [6.07, 6.45) is 3.25. The predicted molar refractivity (Wildman–Crippen MR) is 52.4 cm³/mol. The van der Waals surface area contributed by atoms with E-state index in [0.717, 1.165) is 0 Å². The Hall–Kier alpha value is -0.720. The van der Waals surface area contributed by atoms with Crippen LogP contribution in [-0.4, -0.2) is 0 Å². The van der Waals surface area contributed by atoms with Crippen LogP contribution in [0.2, 0.25) is 0 Å². The molecule has 0 N–H and O–H groups in total. The zero-order chi connectivity index (χ0) is 3.54. The van der Waals surface area contributed by atoms with Crippen molar-refractivity contribution in [3.05, 3.63) is 24.7 Å². The van der Waals surface area contributed by atoms with Crippen molar-refractivity contribution >= 4 is 0 Å². The van der Waals surface area contributed by atoms with Crippen molar-refractivity contribution in [1.29, 1.82) is 0 Å². The summed E-state index contributed by atoms with van der Waals surface area (Å²) in [5, 5.41) is 0. The Balaban J connectivity index is -0.0000000167. The third kappa shape index (κ3) is 15.7. The van der Waals surface area contributed by atoms with Crippen LogP contribution in [0.4, 0.5) is 0 Å². The van der Waals surface area contributed by atoms with Gasteiger partial charge in [-0.05, 0) is 12.1 Å². The fourth-order valence-electron chi connectivity index (χ4n) is 0.227.